The summed E-state index contributed by atoms with van der Waals surface area (Å²) in [7, 11) is 0. The maximum atomic E-state index is 4.40. The van der Waals surface area contributed by atoms with Gasteiger partial charge in [-0.3, -0.25) is 4.98 Å². The molecule has 4 aliphatic carbocycles. The maximum absolute atomic E-state index is 4.40. The molecule has 0 bridgehead atoms. The fourth-order valence-corrected chi connectivity index (χ4v) is 7.38. The molecule has 0 N–H and O–H groups in total. The van der Waals surface area contributed by atoms with Gasteiger partial charge in [-0.1, -0.05) is 52.0 Å². The lowest BCUT2D eigenvalue weighted by Crippen LogP contribution is -2.49. The largest absolute Gasteiger partial charge is 0.264 e. The number of hydrogen-bond donors (Lipinski definition) is 0. The Hall–Kier alpha value is -1.37. The highest BCUT2D eigenvalue weighted by atomic mass is 14.6. The van der Waals surface area contributed by atoms with Crippen LogP contribution in [0.25, 0.3) is 5.57 Å². The predicted molar refractivity (Wildman–Crippen MR) is 115 cm³/mol. The zero-order valence-electron chi connectivity index (χ0n) is 16.7. The van der Waals surface area contributed by atoms with Crippen LogP contribution in [0.5, 0.6) is 0 Å². The molecule has 0 spiro atoms. The molecule has 0 aliphatic heterocycles. The zero-order valence-corrected chi connectivity index (χ0v) is 16.7. The van der Waals surface area contributed by atoms with Gasteiger partial charge >= 0.3 is 0 Å². The van der Waals surface area contributed by atoms with Gasteiger partial charge in [-0.15, -0.1) is 0 Å². The number of allylic oxidation sites excluding steroid dienone is 4. The van der Waals surface area contributed by atoms with E-state index in [1.54, 1.807) is 5.57 Å². The SMILES string of the molecule is C.C[C@H]1CC[C@@]2(C)C(=CC[C@@H]3[C@@H]2CC[C@]2(C)C(c4cccnc4)=CC[C@@H]32)C1. The fourth-order valence-electron chi connectivity index (χ4n) is 7.38. The third kappa shape index (κ3) is 2.68. The Balaban J connectivity index is 0.00000180. The molecule has 0 saturated heterocycles. The molecule has 0 unspecified atom stereocenters. The van der Waals surface area contributed by atoms with Crippen molar-refractivity contribution < 1.29 is 0 Å². The lowest BCUT2D eigenvalue weighted by Gasteiger charge is -2.58. The Morgan fingerprint density at radius 1 is 1.00 bits per heavy atom. The molecule has 1 heterocycles. The van der Waals surface area contributed by atoms with E-state index < -0.39 is 0 Å². The van der Waals surface area contributed by atoms with Crippen LogP contribution in [0.3, 0.4) is 0 Å². The summed E-state index contributed by atoms with van der Waals surface area (Å²) < 4.78 is 0. The molecule has 0 radical (unpaired) electrons. The summed E-state index contributed by atoms with van der Waals surface area (Å²) >= 11 is 0. The lowest BCUT2D eigenvalue weighted by molar-refractivity contribution is -0.0137. The van der Waals surface area contributed by atoms with Crippen LogP contribution in [0.4, 0.5) is 0 Å². The van der Waals surface area contributed by atoms with Gasteiger partial charge in [-0.25, -0.2) is 0 Å². The van der Waals surface area contributed by atoms with Crippen LogP contribution in [0.1, 0.15) is 78.7 Å². The van der Waals surface area contributed by atoms with E-state index in [-0.39, 0.29) is 7.43 Å². The molecule has 2 fully saturated rings. The Kier molecular flexibility index (Phi) is 4.64. The van der Waals surface area contributed by atoms with E-state index >= 15 is 0 Å². The molecule has 1 aromatic rings. The van der Waals surface area contributed by atoms with Gasteiger partial charge in [0.1, 0.15) is 0 Å². The Morgan fingerprint density at radius 2 is 1.81 bits per heavy atom. The van der Waals surface area contributed by atoms with Gasteiger partial charge in [0, 0.05) is 12.4 Å². The number of rotatable bonds is 1. The molecule has 5 rings (SSSR count). The van der Waals surface area contributed by atoms with E-state index in [1.807, 2.05) is 11.8 Å². The van der Waals surface area contributed by atoms with Gasteiger partial charge in [0.05, 0.1) is 0 Å². The van der Waals surface area contributed by atoms with Crippen LogP contribution in [-0.2, 0) is 0 Å². The normalized spacial score (nSPS) is 42.8. The molecule has 2 saturated carbocycles. The minimum absolute atomic E-state index is 0. The van der Waals surface area contributed by atoms with Crippen LogP contribution in [0.15, 0.2) is 42.3 Å². The van der Waals surface area contributed by atoms with E-state index in [9.17, 15) is 0 Å². The van der Waals surface area contributed by atoms with E-state index in [0.717, 1.165) is 23.7 Å². The molecule has 146 valence electrons. The Bertz CT molecular complexity index is 760. The average Bonchev–Trinajstić information content (AvgIpc) is 3.00. The van der Waals surface area contributed by atoms with Crippen molar-refractivity contribution in [1.82, 2.24) is 4.98 Å². The first-order chi connectivity index (χ1) is 12.5. The number of nitrogens with zero attached hydrogens (tertiary/aromatic N) is 1. The number of fused-ring (bicyclic) bond motifs is 5. The topological polar surface area (TPSA) is 12.9 Å². The van der Waals surface area contributed by atoms with Gasteiger partial charge in [-0.05, 0) is 96.7 Å². The number of hydrogen-bond acceptors (Lipinski definition) is 1. The minimum atomic E-state index is 0. The summed E-state index contributed by atoms with van der Waals surface area (Å²) in [5.74, 6) is 3.51. The fraction of sp³-hybridized carbons (Fsp3) is 0.654. The molecule has 27 heavy (non-hydrogen) atoms. The van der Waals surface area contributed by atoms with Crippen molar-refractivity contribution in [3.05, 3.63) is 47.8 Å². The van der Waals surface area contributed by atoms with Crippen LogP contribution in [0.2, 0.25) is 0 Å². The average molecular weight is 364 g/mol. The molecule has 0 aromatic carbocycles. The molecular weight excluding hydrogens is 326 g/mol. The summed E-state index contributed by atoms with van der Waals surface area (Å²) in [6.07, 6.45) is 18.8. The first kappa shape index (κ1) is 19.0. The third-order valence-electron chi connectivity index (χ3n) is 8.90. The van der Waals surface area contributed by atoms with Gasteiger partial charge in [0.15, 0.2) is 0 Å². The van der Waals surface area contributed by atoms with Crippen molar-refractivity contribution >= 4 is 5.57 Å². The zero-order chi connectivity index (χ0) is 17.9. The second-order valence-corrected chi connectivity index (χ2v) is 10.2. The lowest BCUT2D eigenvalue weighted by atomic mass is 9.47. The molecule has 4 aliphatic rings. The van der Waals surface area contributed by atoms with Crippen molar-refractivity contribution in [2.75, 3.05) is 0 Å². The van der Waals surface area contributed by atoms with Crippen molar-refractivity contribution in [2.45, 2.75) is 73.1 Å². The van der Waals surface area contributed by atoms with Crippen molar-refractivity contribution in [1.29, 1.82) is 0 Å². The Labute approximate surface area is 166 Å². The minimum Gasteiger partial charge on any atom is -0.264 e. The van der Waals surface area contributed by atoms with E-state index in [1.165, 1.54) is 50.5 Å². The van der Waals surface area contributed by atoms with Gasteiger partial charge < -0.3 is 0 Å². The highest BCUT2D eigenvalue weighted by Crippen LogP contribution is 2.66. The second-order valence-electron chi connectivity index (χ2n) is 10.2. The summed E-state index contributed by atoms with van der Waals surface area (Å²) in [6.45, 7) is 7.63. The molecule has 6 atom stereocenters. The first-order valence-electron chi connectivity index (χ1n) is 10.8. The van der Waals surface area contributed by atoms with Crippen LogP contribution >= 0.6 is 0 Å². The van der Waals surface area contributed by atoms with E-state index in [4.69, 9.17) is 0 Å². The van der Waals surface area contributed by atoms with Crippen LogP contribution in [-0.4, -0.2) is 4.98 Å². The van der Waals surface area contributed by atoms with Gasteiger partial charge in [0.25, 0.3) is 0 Å². The van der Waals surface area contributed by atoms with Crippen LogP contribution < -0.4 is 0 Å². The van der Waals surface area contributed by atoms with E-state index in [2.05, 4.69) is 56.2 Å². The van der Waals surface area contributed by atoms with E-state index in [0.29, 0.717) is 10.8 Å². The highest BCUT2D eigenvalue weighted by molar-refractivity contribution is 5.72. The van der Waals surface area contributed by atoms with Gasteiger partial charge in [-0.2, -0.15) is 0 Å². The maximum Gasteiger partial charge on any atom is 0.0343 e. The van der Waals surface area contributed by atoms with Crippen molar-refractivity contribution in [3.8, 4) is 0 Å². The molecule has 1 nitrogen and oxygen atoms in total. The highest BCUT2D eigenvalue weighted by Gasteiger charge is 2.56. The molecule has 1 aromatic heterocycles. The molecule has 0 amide bonds. The summed E-state index contributed by atoms with van der Waals surface area (Å²) in [6, 6.07) is 4.36. The quantitative estimate of drug-likeness (QED) is 0.477. The molecular formula is C26H37N. The van der Waals surface area contributed by atoms with Crippen molar-refractivity contribution in [3.63, 3.8) is 0 Å². The number of aromatic nitrogens is 1. The smallest absolute Gasteiger partial charge is 0.0343 e. The molecule has 1 heteroatoms. The standard InChI is InChI=1S/C25H33N.CH4/c1-17-10-12-24(2)19(15-17)6-7-20-22-9-8-21(18-5-4-14-26-16-18)25(22,3)13-11-23(20)24;/h4-6,8,14,16-17,20,22-23H,7,9-13,15H2,1-3H3;1H4/t17-,20-,22-,23-,24-,25+;/m0./s1. The Morgan fingerprint density at radius 3 is 2.59 bits per heavy atom. The second kappa shape index (κ2) is 6.61. The monoisotopic (exact) mass is 363 g/mol. The predicted octanol–water partition coefficient (Wildman–Crippen LogP) is 7.31. The van der Waals surface area contributed by atoms with Gasteiger partial charge in [0.2, 0.25) is 0 Å². The third-order valence-corrected chi connectivity index (χ3v) is 8.90. The summed E-state index contributed by atoms with van der Waals surface area (Å²) in [5, 5.41) is 0. The summed E-state index contributed by atoms with van der Waals surface area (Å²) in [5.41, 5.74) is 5.62. The number of pyridine rings is 1. The first-order valence-corrected chi connectivity index (χ1v) is 10.8. The summed E-state index contributed by atoms with van der Waals surface area (Å²) in [4.78, 5) is 4.40. The van der Waals surface area contributed by atoms with Crippen LogP contribution in [0, 0.1) is 34.5 Å². The van der Waals surface area contributed by atoms with Crippen molar-refractivity contribution in [2.24, 2.45) is 34.5 Å².